The second-order valence-corrected chi connectivity index (χ2v) is 8.94. The van der Waals surface area contributed by atoms with Crippen LogP contribution in [0.3, 0.4) is 0 Å². The summed E-state index contributed by atoms with van der Waals surface area (Å²) >= 11 is 0. The molecule has 2 fully saturated rings. The fraction of sp³-hybridized carbons (Fsp3) is 0.481. The molecular weight excluding hydrogens is 396 g/mol. The second kappa shape index (κ2) is 12.5. The Bertz CT molecular complexity index is 834. The van der Waals surface area contributed by atoms with E-state index in [9.17, 15) is 5.11 Å². The van der Waals surface area contributed by atoms with Crippen LogP contribution in [0.2, 0.25) is 0 Å². The molecule has 0 atom stereocenters. The monoisotopic (exact) mass is 434 g/mol. The maximum atomic E-state index is 9.31. The number of hydrogen-bond donors (Lipinski definition) is 1. The van der Waals surface area contributed by atoms with Crippen LogP contribution in [-0.4, -0.2) is 65.9 Å². The van der Waals surface area contributed by atoms with Crippen molar-refractivity contribution in [1.82, 2.24) is 14.8 Å². The Morgan fingerprint density at radius 1 is 1.03 bits per heavy atom. The van der Waals surface area contributed by atoms with Gasteiger partial charge in [0.15, 0.2) is 0 Å². The SMILES string of the molecule is C=CC1CCN(Cc2ccncc2)CC1.CN=C(c1ccc(O)cc1)C1CCN(C)CC1. The normalized spacial score (nSPS) is 19.2. The lowest BCUT2D eigenvalue weighted by molar-refractivity contribution is 0.196. The van der Waals surface area contributed by atoms with Crippen molar-refractivity contribution in [3.63, 3.8) is 0 Å². The van der Waals surface area contributed by atoms with Gasteiger partial charge < -0.3 is 10.0 Å². The van der Waals surface area contributed by atoms with Crippen molar-refractivity contribution in [2.24, 2.45) is 16.8 Å². The summed E-state index contributed by atoms with van der Waals surface area (Å²) in [5.41, 5.74) is 3.68. The minimum atomic E-state index is 0.313. The lowest BCUT2D eigenvalue weighted by Crippen LogP contribution is -2.33. The van der Waals surface area contributed by atoms with Crippen molar-refractivity contribution in [3.8, 4) is 5.75 Å². The van der Waals surface area contributed by atoms with Crippen LogP contribution < -0.4 is 0 Å². The van der Waals surface area contributed by atoms with E-state index in [4.69, 9.17) is 0 Å². The number of nitrogens with zero attached hydrogens (tertiary/aromatic N) is 4. The van der Waals surface area contributed by atoms with Crippen molar-refractivity contribution >= 4 is 5.71 Å². The van der Waals surface area contributed by atoms with Crippen LogP contribution >= 0.6 is 0 Å². The van der Waals surface area contributed by atoms with Crippen LogP contribution in [0.25, 0.3) is 0 Å². The number of rotatable bonds is 5. The quantitative estimate of drug-likeness (QED) is 0.551. The molecule has 2 aromatic rings. The van der Waals surface area contributed by atoms with Crippen molar-refractivity contribution in [1.29, 1.82) is 0 Å². The van der Waals surface area contributed by atoms with Crippen LogP contribution in [0.4, 0.5) is 0 Å². The first-order chi connectivity index (χ1) is 15.6. The molecule has 0 amide bonds. The van der Waals surface area contributed by atoms with E-state index in [1.165, 1.54) is 50.0 Å². The molecule has 172 valence electrons. The van der Waals surface area contributed by atoms with Gasteiger partial charge in [-0.2, -0.15) is 0 Å². The number of phenolic OH excluding ortho intramolecular Hbond substituents is 1. The van der Waals surface area contributed by atoms with Gasteiger partial charge in [-0.1, -0.05) is 6.08 Å². The maximum absolute atomic E-state index is 9.31. The third-order valence-electron chi connectivity index (χ3n) is 6.63. The maximum Gasteiger partial charge on any atom is 0.115 e. The van der Waals surface area contributed by atoms with Gasteiger partial charge in [0.2, 0.25) is 0 Å². The van der Waals surface area contributed by atoms with Gasteiger partial charge >= 0.3 is 0 Å². The second-order valence-electron chi connectivity index (χ2n) is 8.94. The largest absolute Gasteiger partial charge is 0.508 e. The average Bonchev–Trinajstić information content (AvgIpc) is 2.83. The molecule has 5 nitrogen and oxygen atoms in total. The summed E-state index contributed by atoms with van der Waals surface area (Å²) in [4.78, 5) is 13.4. The Balaban J connectivity index is 0.000000182. The van der Waals surface area contributed by atoms with E-state index >= 15 is 0 Å². The van der Waals surface area contributed by atoms with Gasteiger partial charge in [-0.25, -0.2) is 0 Å². The smallest absolute Gasteiger partial charge is 0.115 e. The summed E-state index contributed by atoms with van der Waals surface area (Å²) < 4.78 is 0. The van der Waals surface area contributed by atoms with E-state index in [0.29, 0.717) is 11.7 Å². The molecule has 0 aliphatic carbocycles. The van der Waals surface area contributed by atoms with Crippen LogP contribution in [-0.2, 0) is 6.54 Å². The first-order valence-electron chi connectivity index (χ1n) is 11.8. The molecule has 2 aliphatic heterocycles. The molecule has 32 heavy (non-hydrogen) atoms. The van der Waals surface area contributed by atoms with Crippen LogP contribution in [0, 0.1) is 11.8 Å². The van der Waals surface area contributed by atoms with Gasteiger partial charge in [-0.05, 0) is 112 Å². The van der Waals surface area contributed by atoms with Gasteiger partial charge in [-0.15, -0.1) is 6.58 Å². The van der Waals surface area contributed by atoms with Gasteiger partial charge in [0.05, 0.1) is 0 Å². The van der Waals surface area contributed by atoms with Gasteiger partial charge in [0.1, 0.15) is 5.75 Å². The van der Waals surface area contributed by atoms with Crippen LogP contribution in [0.5, 0.6) is 5.75 Å². The molecule has 0 unspecified atom stereocenters. The predicted octanol–water partition coefficient (Wildman–Crippen LogP) is 4.63. The molecule has 0 spiro atoms. The van der Waals surface area contributed by atoms with E-state index in [2.05, 4.69) is 51.6 Å². The molecular formula is C27H38N4O. The molecule has 5 heteroatoms. The highest BCUT2D eigenvalue weighted by atomic mass is 16.3. The number of hydrogen-bond acceptors (Lipinski definition) is 5. The molecule has 2 aliphatic rings. The zero-order valence-corrected chi connectivity index (χ0v) is 19.7. The predicted molar refractivity (Wildman–Crippen MR) is 133 cm³/mol. The topological polar surface area (TPSA) is 52.0 Å². The molecule has 0 bridgehead atoms. The van der Waals surface area contributed by atoms with E-state index in [0.717, 1.165) is 31.1 Å². The highest BCUT2D eigenvalue weighted by Crippen LogP contribution is 2.23. The number of aromatic hydroxyl groups is 1. The fourth-order valence-corrected chi connectivity index (χ4v) is 4.55. The molecule has 0 saturated carbocycles. The highest BCUT2D eigenvalue weighted by Gasteiger charge is 2.22. The van der Waals surface area contributed by atoms with E-state index in [-0.39, 0.29) is 0 Å². The van der Waals surface area contributed by atoms with Gasteiger partial charge in [0, 0.05) is 37.6 Å². The summed E-state index contributed by atoms with van der Waals surface area (Å²) in [6.07, 6.45) is 10.7. The van der Waals surface area contributed by atoms with E-state index in [1.54, 1.807) is 12.1 Å². The van der Waals surface area contributed by atoms with Crippen molar-refractivity contribution in [2.45, 2.75) is 32.2 Å². The number of aliphatic imine (C=N–C) groups is 1. The highest BCUT2D eigenvalue weighted by molar-refractivity contribution is 6.02. The first-order valence-corrected chi connectivity index (χ1v) is 11.8. The number of aromatic nitrogens is 1. The molecule has 0 radical (unpaired) electrons. The summed E-state index contributed by atoms with van der Waals surface area (Å²) in [5.74, 6) is 1.60. The van der Waals surface area contributed by atoms with Crippen molar-refractivity contribution in [3.05, 3.63) is 72.6 Å². The van der Waals surface area contributed by atoms with Crippen LogP contribution in [0.1, 0.15) is 36.8 Å². The van der Waals surface area contributed by atoms with Gasteiger partial charge in [-0.3, -0.25) is 14.9 Å². The number of phenols is 1. The third kappa shape index (κ3) is 7.28. The van der Waals surface area contributed by atoms with Crippen LogP contribution in [0.15, 0.2) is 66.4 Å². The number of pyridine rings is 1. The number of benzene rings is 1. The number of allylic oxidation sites excluding steroid dienone is 1. The van der Waals surface area contributed by atoms with Gasteiger partial charge in [0.25, 0.3) is 0 Å². The number of piperidine rings is 2. The summed E-state index contributed by atoms with van der Waals surface area (Å²) in [6, 6.07) is 11.6. The minimum absolute atomic E-state index is 0.313. The Labute approximate surface area is 193 Å². The Morgan fingerprint density at radius 3 is 2.22 bits per heavy atom. The first kappa shape index (κ1) is 24.1. The lowest BCUT2D eigenvalue weighted by atomic mass is 9.88. The Kier molecular flexibility index (Phi) is 9.44. The molecule has 3 heterocycles. The molecule has 4 rings (SSSR count). The lowest BCUT2D eigenvalue weighted by Gasteiger charge is -2.30. The average molecular weight is 435 g/mol. The molecule has 1 aromatic heterocycles. The molecule has 2 saturated heterocycles. The summed E-state index contributed by atoms with van der Waals surface area (Å²) in [7, 11) is 4.03. The Morgan fingerprint density at radius 2 is 1.66 bits per heavy atom. The summed E-state index contributed by atoms with van der Waals surface area (Å²) in [5, 5.41) is 9.31. The van der Waals surface area contributed by atoms with Crippen molar-refractivity contribution in [2.75, 3.05) is 40.3 Å². The number of likely N-dealkylation sites (tertiary alicyclic amines) is 2. The molecule has 1 N–H and O–H groups in total. The Hall–Kier alpha value is -2.50. The standard InChI is InChI=1S/C14H20N2O.C13H18N2/c1-15-14(11-3-5-13(17)6-4-11)12-7-9-16(2)10-8-12;1-2-12-5-9-15(10-6-12)11-13-3-7-14-8-4-13/h3-6,12,17H,7-10H2,1-2H3;2-4,7-8,12H,1,5-6,9-11H2. The minimum Gasteiger partial charge on any atom is -0.508 e. The molecule has 1 aromatic carbocycles. The third-order valence-corrected chi connectivity index (χ3v) is 6.63. The van der Waals surface area contributed by atoms with Crippen molar-refractivity contribution < 1.29 is 5.11 Å². The summed E-state index contributed by atoms with van der Waals surface area (Å²) in [6.45, 7) is 9.60. The van der Waals surface area contributed by atoms with E-state index < -0.39 is 0 Å². The zero-order valence-electron chi connectivity index (χ0n) is 19.7. The fourth-order valence-electron chi connectivity index (χ4n) is 4.55. The zero-order chi connectivity index (χ0) is 22.8. The van der Waals surface area contributed by atoms with E-state index in [1.807, 2.05) is 31.6 Å².